The van der Waals surface area contributed by atoms with Crippen LogP contribution in [0.2, 0.25) is 0 Å². The summed E-state index contributed by atoms with van der Waals surface area (Å²) in [5, 5.41) is 2.66. The van der Waals surface area contributed by atoms with E-state index in [1.807, 2.05) is 84.9 Å². The molecule has 1 aromatic heterocycles. The number of carbonyl (C=O) groups is 3. The number of rotatable bonds is 12. The fourth-order valence-corrected chi connectivity index (χ4v) is 4.47. The van der Waals surface area contributed by atoms with Crippen LogP contribution in [0.15, 0.2) is 78.9 Å². The van der Waals surface area contributed by atoms with Crippen molar-refractivity contribution in [1.82, 2.24) is 5.32 Å². The standard InChI is InChI=1S/C31H35NO6S/c1-31(2,3)38-29(34)27(32-30(35)37-22-24-14-8-5-9-15-24)20-26-19-18-25(39-26)16-10-11-17-28(33)36-21-23-12-6-4-7-13-23/h4-10,12-16,18-19,27H,11,17,20-22H2,1-3H3,(H,32,35)/t27-/m0/s1. The van der Waals surface area contributed by atoms with Crippen LogP contribution in [0.25, 0.3) is 6.08 Å². The van der Waals surface area contributed by atoms with Crippen LogP contribution < -0.4 is 5.32 Å². The second kappa shape index (κ2) is 14.9. The van der Waals surface area contributed by atoms with Crippen molar-refractivity contribution in [3.63, 3.8) is 0 Å². The Hall–Kier alpha value is -3.91. The molecular formula is C31H35NO6S. The molecule has 206 valence electrons. The maximum absolute atomic E-state index is 12.9. The van der Waals surface area contributed by atoms with Gasteiger partial charge in [-0.3, -0.25) is 4.79 Å². The highest BCUT2D eigenvalue weighted by atomic mass is 32.1. The van der Waals surface area contributed by atoms with Crippen molar-refractivity contribution >= 4 is 35.4 Å². The predicted octanol–water partition coefficient (Wildman–Crippen LogP) is 6.46. The summed E-state index contributed by atoms with van der Waals surface area (Å²) in [5.74, 6) is -0.778. The molecule has 0 aliphatic rings. The Labute approximate surface area is 233 Å². The molecule has 1 heterocycles. The number of hydrogen-bond acceptors (Lipinski definition) is 7. The second-order valence-corrected chi connectivity index (χ2v) is 11.1. The molecule has 0 saturated heterocycles. The van der Waals surface area contributed by atoms with Gasteiger partial charge in [-0.05, 0) is 56.5 Å². The van der Waals surface area contributed by atoms with E-state index in [0.717, 1.165) is 20.9 Å². The molecule has 0 bridgehead atoms. The lowest BCUT2D eigenvalue weighted by Crippen LogP contribution is -2.45. The Morgan fingerprint density at radius 3 is 2.10 bits per heavy atom. The molecule has 1 N–H and O–H groups in total. The highest BCUT2D eigenvalue weighted by Crippen LogP contribution is 2.21. The SMILES string of the molecule is CC(C)(C)OC(=O)[C@H](Cc1ccc(C=CCCC(=O)OCc2ccccc2)s1)NC(=O)OCc1ccccc1. The first-order valence-electron chi connectivity index (χ1n) is 12.8. The van der Waals surface area contributed by atoms with Gasteiger partial charge in [0.2, 0.25) is 0 Å². The molecule has 0 spiro atoms. The van der Waals surface area contributed by atoms with Gasteiger partial charge in [-0.1, -0.05) is 66.7 Å². The van der Waals surface area contributed by atoms with Gasteiger partial charge in [0.25, 0.3) is 0 Å². The zero-order valence-corrected chi connectivity index (χ0v) is 23.4. The molecule has 0 unspecified atom stereocenters. The maximum atomic E-state index is 12.9. The van der Waals surface area contributed by atoms with Crippen molar-refractivity contribution in [2.45, 2.75) is 64.9 Å². The van der Waals surface area contributed by atoms with Crippen molar-refractivity contribution in [2.24, 2.45) is 0 Å². The van der Waals surface area contributed by atoms with Gasteiger partial charge in [-0.25, -0.2) is 9.59 Å². The number of carbonyl (C=O) groups excluding carboxylic acids is 3. The molecule has 3 aromatic rings. The van der Waals surface area contributed by atoms with Gasteiger partial charge in [0.15, 0.2) is 0 Å². The fourth-order valence-electron chi connectivity index (χ4n) is 3.48. The second-order valence-electron chi connectivity index (χ2n) is 9.89. The number of esters is 2. The summed E-state index contributed by atoms with van der Waals surface area (Å²) in [6.45, 7) is 5.70. The molecule has 0 saturated carbocycles. The summed E-state index contributed by atoms with van der Waals surface area (Å²) >= 11 is 1.50. The lowest BCUT2D eigenvalue weighted by Gasteiger charge is -2.24. The Morgan fingerprint density at radius 2 is 1.49 bits per heavy atom. The summed E-state index contributed by atoms with van der Waals surface area (Å²) in [5.41, 5.74) is 1.10. The van der Waals surface area contributed by atoms with Crippen molar-refractivity contribution < 1.29 is 28.6 Å². The van der Waals surface area contributed by atoms with E-state index >= 15 is 0 Å². The minimum atomic E-state index is -0.901. The van der Waals surface area contributed by atoms with E-state index in [2.05, 4.69) is 5.32 Å². The summed E-state index contributed by atoms with van der Waals surface area (Å²) in [6.07, 6.45) is 4.27. The lowest BCUT2D eigenvalue weighted by molar-refractivity contribution is -0.157. The molecule has 2 aromatic carbocycles. The highest BCUT2D eigenvalue weighted by molar-refractivity contribution is 7.12. The number of amides is 1. The summed E-state index contributed by atoms with van der Waals surface area (Å²) in [7, 11) is 0. The van der Waals surface area contributed by atoms with Gasteiger partial charge in [0.05, 0.1) is 0 Å². The minimum Gasteiger partial charge on any atom is -0.461 e. The predicted molar refractivity (Wildman–Crippen MR) is 152 cm³/mol. The normalized spacial score (nSPS) is 12.1. The van der Waals surface area contributed by atoms with Crippen molar-refractivity contribution in [3.8, 4) is 0 Å². The minimum absolute atomic E-state index is 0.0987. The van der Waals surface area contributed by atoms with Crippen molar-refractivity contribution in [3.05, 3.63) is 99.8 Å². The Morgan fingerprint density at radius 1 is 0.872 bits per heavy atom. The largest absolute Gasteiger partial charge is 0.461 e. The maximum Gasteiger partial charge on any atom is 0.408 e. The van der Waals surface area contributed by atoms with Crippen molar-refractivity contribution in [2.75, 3.05) is 0 Å². The molecule has 39 heavy (non-hydrogen) atoms. The average Bonchev–Trinajstić information content (AvgIpc) is 3.36. The third kappa shape index (κ3) is 11.6. The van der Waals surface area contributed by atoms with Crippen LogP contribution in [0.4, 0.5) is 4.79 Å². The molecule has 1 atom stereocenters. The van der Waals surface area contributed by atoms with E-state index in [9.17, 15) is 14.4 Å². The van der Waals surface area contributed by atoms with Gasteiger partial charge >= 0.3 is 18.0 Å². The molecule has 8 heteroatoms. The topological polar surface area (TPSA) is 90.9 Å². The number of hydrogen-bond donors (Lipinski definition) is 1. The van der Waals surface area contributed by atoms with Crippen LogP contribution >= 0.6 is 11.3 Å². The molecular weight excluding hydrogens is 514 g/mol. The molecule has 1 amide bonds. The van der Waals surface area contributed by atoms with E-state index in [1.165, 1.54) is 11.3 Å². The first kappa shape index (κ1) is 29.6. The Kier molecular flexibility index (Phi) is 11.3. The van der Waals surface area contributed by atoms with E-state index in [0.29, 0.717) is 6.42 Å². The monoisotopic (exact) mass is 549 g/mol. The molecule has 0 fully saturated rings. The van der Waals surface area contributed by atoms with Gasteiger partial charge in [0.1, 0.15) is 24.9 Å². The fraction of sp³-hybridized carbons (Fsp3) is 0.323. The lowest BCUT2D eigenvalue weighted by atomic mass is 10.1. The number of allylic oxidation sites excluding steroid dienone is 1. The van der Waals surface area contributed by atoms with Crippen LogP contribution in [0, 0.1) is 0 Å². The average molecular weight is 550 g/mol. The van der Waals surface area contributed by atoms with E-state index in [-0.39, 0.29) is 32.0 Å². The van der Waals surface area contributed by atoms with Crippen LogP contribution in [0.1, 0.15) is 54.5 Å². The zero-order valence-electron chi connectivity index (χ0n) is 22.6. The number of benzene rings is 2. The summed E-state index contributed by atoms with van der Waals surface area (Å²) < 4.78 is 16.1. The zero-order chi connectivity index (χ0) is 28.1. The van der Waals surface area contributed by atoms with Crippen LogP contribution in [0.3, 0.4) is 0 Å². The number of ether oxygens (including phenoxy) is 3. The highest BCUT2D eigenvalue weighted by Gasteiger charge is 2.28. The van der Waals surface area contributed by atoms with Gasteiger partial charge in [-0.2, -0.15) is 0 Å². The smallest absolute Gasteiger partial charge is 0.408 e. The molecule has 0 aliphatic carbocycles. The van der Waals surface area contributed by atoms with Crippen LogP contribution in [-0.4, -0.2) is 29.7 Å². The third-order valence-electron chi connectivity index (χ3n) is 5.32. The molecule has 0 aliphatic heterocycles. The number of alkyl carbamates (subject to hydrolysis) is 1. The molecule has 0 radical (unpaired) electrons. The summed E-state index contributed by atoms with van der Waals surface area (Å²) in [4.78, 5) is 39.2. The molecule has 7 nitrogen and oxygen atoms in total. The van der Waals surface area contributed by atoms with E-state index in [1.54, 1.807) is 20.8 Å². The summed E-state index contributed by atoms with van der Waals surface area (Å²) in [6, 6.07) is 21.8. The van der Waals surface area contributed by atoms with Gasteiger partial charge in [-0.15, -0.1) is 11.3 Å². The third-order valence-corrected chi connectivity index (χ3v) is 6.40. The Bertz CT molecular complexity index is 1230. The van der Waals surface area contributed by atoms with Gasteiger partial charge in [0, 0.05) is 22.6 Å². The van der Waals surface area contributed by atoms with Crippen LogP contribution in [0.5, 0.6) is 0 Å². The first-order chi connectivity index (χ1) is 18.7. The molecule has 3 rings (SSSR count). The van der Waals surface area contributed by atoms with Crippen LogP contribution in [-0.2, 0) is 43.4 Å². The quantitative estimate of drug-likeness (QED) is 0.206. The van der Waals surface area contributed by atoms with E-state index < -0.39 is 23.7 Å². The van der Waals surface area contributed by atoms with Gasteiger partial charge < -0.3 is 19.5 Å². The number of nitrogens with one attached hydrogen (secondary N) is 1. The Balaban J connectivity index is 1.50. The first-order valence-corrected chi connectivity index (χ1v) is 13.6. The number of thiophene rings is 1. The van der Waals surface area contributed by atoms with E-state index in [4.69, 9.17) is 14.2 Å². The van der Waals surface area contributed by atoms with Crippen molar-refractivity contribution in [1.29, 1.82) is 0 Å².